The first-order chi connectivity index (χ1) is 10.7. The molecule has 2 fully saturated rings. The van der Waals surface area contributed by atoms with Gasteiger partial charge in [0.25, 0.3) is 0 Å². The summed E-state index contributed by atoms with van der Waals surface area (Å²) in [7, 11) is 1.23. The molecular formula is C14H16FN3O4. The number of alkyl halides is 1. The number of halogens is 1. The van der Waals surface area contributed by atoms with Crippen molar-refractivity contribution in [3.8, 4) is 0 Å². The molecule has 0 aromatic heterocycles. The third-order valence-corrected chi connectivity index (χ3v) is 3.80. The third kappa shape index (κ3) is 2.79. The Balaban J connectivity index is 1.80. The van der Waals surface area contributed by atoms with Gasteiger partial charge in [-0.1, -0.05) is 35.4 Å². The lowest BCUT2D eigenvalue weighted by atomic mass is 10.0. The fourth-order valence-corrected chi connectivity index (χ4v) is 2.76. The predicted octanol–water partition coefficient (Wildman–Crippen LogP) is 2.49. The minimum absolute atomic E-state index is 0.231. The number of methoxy groups -OCH3 is 1. The summed E-state index contributed by atoms with van der Waals surface area (Å²) in [4.78, 5) is 2.78. The molecule has 1 aromatic carbocycles. The number of fused-ring (bicyclic) bond motifs is 1. The van der Waals surface area contributed by atoms with Crippen LogP contribution in [0.15, 0.2) is 35.4 Å². The Bertz CT molecular complexity index is 554. The van der Waals surface area contributed by atoms with Crippen molar-refractivity contribution in [3.05, 3.63) is 46.3 Å². The Morgan fingerprint density at radius 2 is 2.14 bits per heavy atom. The summed E-state index contributed by atoms with van der Waals surface area (Å²) < 4.78 is 35.5. The number of rotatable bonds is 4. The van der Waals surface area contributed by atoms with Crippen LogP contribution in [0.2, 0.25) is 0 Å². The van der Waals surface area contributed by atoms with Crippen molar-refractivity contribution in [2.75, 3.05) is 13.7 Å². The van der Waals surface area contributed by atoms with E-state index >= 15 is 0 Å². The molecule has 8 heteroatoms. The minimum Gasteiger partial charge on any atom is -0.364 e. The molecule has 2 heterocycles. The third-order valence-electron chi connectivity index (χ3n) is 3.80. The van der Waals surface area contributed by atoms with Crippen molar-refractivity contribution in [2.24, 2.45) is 5.11 Å². The second-order valence-corrected chi connectivity index (χ2v) is 5.10. The van der Waals surface area contributed by atoms with Crippen LogP contribution < -0.4 is 0 Å². The van der Waals surface area contributed by atoms with Gasteiger partial charge in [-0.05, 0) is 5.53 Å². The molecule has 6 atom stereocenters. The first-order valence-corrected chi connectivity index (χ1v) is 6.93. The van der Waals surface area contributed by atoms with Crippen molar-refractivity contribution in [2.45, 2.75) is 37.0 Å². The van der Waals surface area contributed by atoms with E-state index in [1.807, 2.05) is 30.3 Å². The lowest BCUT2D eigenvalue weighted by molar-refractivity contribution is -0.247. The zero-order chi connectivity index (χ0) is 15.5. The van der Waals surface area contributed by atoms with Crippen LogP contribution in [-0.2, 0) is 18.9 Å². The second kappa shape index (κ2) is 6.60. The van der Waals surface area contributed by atoms with Crippen molar-refractivity contribution < 1.29 is 23.3 Å². The van der Waals surface area contributed by atoms with Crippen molar-refractivity contribution >= 4 is 0 Å². The van der Waals surface area contributed by atoms with E-state index in [-0.39, 0.29) is 6.61 Å². The van der Waals surface area contributed by atoms with Crippen molar-refractivity contribution in [1.29, 1.82) is 0 Å². The van der Waals surface area contributed by atoms with E-state index in [0.29, 0.717) is 0 Å². The monoisotopic (exact) mass is 309 g/mol. The van der Waals surface area contributed by atoms with Gasteiger partial charge in [0.2, 0.25) is 6.36 Å². The average Bonchev–Trinajstić information content (AvgIpc) is 2.93. The molecule has 0 amide bonds. The maximum Gasteiger partial charge on any atom is 0.225 e. The Hall–Kier alpha value is -1.70. The van der Waals surface area contributed by atoms with Crippen LogP contribution in [0.4, 0.5) is 4.39 Å². The van der Waals surface area contributed by atoms with E-state index < -0.39 is 37.0 Å². The maximum absolute atomic E-state index is 13.8. The Kier molecular flexibility index (Phi) is 4.56. The molecule has 0 aliphatic carbocycles. The number of ether oxygens (including phenoxy) is 4. The van der Waals surface area contributed by atoms with Crippen molar-refractivity contribution in [1.82, 2.24) is 0 Å². The molecule has 2 saturated heterocycles. The van der Waals surface area contributed by atoms with Crippen LogP contribution in [-0.4, -0.2) is 44.4 Å². The van der Waals surface area contributed by atoms with E-state index in [4.69, 9.17) is 19.7 Å². The van der Waals surface area contributed by atoms with Gasteiger partial charge in [-0.3, -0.25) is 0 Å². The van der Waals surface area contributed by atoms with E-state index in [9.17, 15) is 4.39 Å². The molecule has 7 nitrogen and oxygen atoms in total. The fourth-order valence-electron chi connectivity index (χ4n) is 2.76. The van der Waals surface area contributed by atoms with E-state index in [0.717, 1.165) is 5.56 Å². The molecule has 1 aromatic rings. The highest BCUT2D eigenvalue weighted by Crippen LogP contribution is 2.37. The van der Waals surface area contributed by atoms with Gasteiger partial charge in [0, 0.05) is 17.6 Å². The Morgan fingerprint density at radius 1 is 1.36 bits per heavy atom. The predicted molar refractivity (Wildman–Crippen MR) is 73.5 cm³/mol. The smallest absolute Gasteiger partial charge is 0.225 e. The topological polar surface area (TPSA) is 85.7 Å². The molecule has 0 bridgehead atoms. The Morgan fingerprint density at radius 3 is 2.82 bits per heavy atom. The quantitative estimate of drug-likeness (QED) is 0.486. The van der Waals surface area contributed by atoms with Crippen LogP contribution in [0, 0.1) is 0 Å². The summed E-state index contributed by atoms with van der Waals surface area (Å²) in [5, 5.41) is 3.64. The Labute approximate surface area is 126 Å². The van der Waals surface area contributed by atoms with Gasteiger partial charge in [-0.25, -0.2) is 4.39 Å². The van der Waals surface area contributed by atoms with Gasteiger partial charge < -0.3 is 18.9 Å². The van der Waals surface area contributed by atoms with Gasteiger partial charge in [0.15, 0.2) is 6.29 Å². The lowest BCUT2D eigenvalue weighted by Crippen LogP contribution is -2.43. The van der Waals surface area contributed by atoms with E-state index in [2.05, 4.69) is 14.8 Å². The normalized spacial score (nSPS) is 35.5. The number of nitrogens with zero attached hydrogens (tertiary/aromatic N) is 3. The molecular weight excluding hydrogens is 293 g/mol. The van der Waals surface area contributed by atoms with Gasteiger partial charge in [-0.15, -0.1) is 0 Å². The highest BCUT2D eigenvalue weighted by atomic mass is 19.1. The molecule has 118 valence electrons. The summed E-state index contributed by atoms with van der Waals surface area (Å²) in [6.45, 7) is 0.231. The van der Waals surface area contributed by atoms with Gasteiger partial charge in [-0.2, -0.15) is 0 Å². The first kappa shape index (κ1) is 15.2. The van der Waals surface area contributed by atoms with Crippen LogP contribution in [0.3, 0.4) is 0 Å². The number of hydrogen-bond donors (Lipinski definition) is 0. The minimum atomic E-state index is -1.69. The first-order valence-electron chi connectivity index (χ1n) is 6.93. The molecule has 1 unspecified atom stereocenters. The largest absolute Gasteiger partial charge is 0.364 e. The van der Waals surface area contributed by atoms with Crippen LogP contribution >= 0.6 is 0 Å². The van der Waals surface area contributed by atoms with Crippen LogP contribution in [0.25, 0.3) is 10.4 Å². The zero-order valence-corrected chi connectivity index (χ0v) is 11.9. The number of benzene rings is 1. The highest BCUT2D eigenvalue weighted by molar-refractivity contribution is 5.17. The lowest BCUT2D eigenvalue weighted by Gasteiger charge is -2.33. The average molecular weight is 309 g/mol. The molecule has 2 aliphatic rings. The molecule has 0 saturated carbocycles. The van der Waals surface area contributed by atoms with Gasteiger partial charge >= 0.3 is 0 Å². The standard InChI is InChI=1S/C14H16FN3O4/c1-19-13(15)12-10(17-18-16)11-9(21-12)7-20-14(22-11)8-5-3-2-4-6-8/h2-6,9-14H,7H2,1H3/t9-,10-,11-,12+,13?,14-/m1/s1. The second-order valence-electron chi connectivity index (χ2n) is 5.10. The van der Waals surface area contributed by atoms with Crippen LogP contribution in [0.5, 0.6) is 0 Å². The van der Waals surface area contributed by atoms with Crippen molar-refractivity contribution in [3.63, 3.8) is 0 Å². The highest BCUT2D eigenvalue weighted by Gasteiger charge is 2.51. The molecule has 0 spiro atoms. The molecule has 0 N–H and O–H groups in total. The van der Waals surface area contributed by atoms with E-state index in [1.165, 1.54) is 7.11 Å². The molecule has 3 rings (SSSR count). The molecule has 22 heavy (non-hydrogen) atoms. The van der Waals surface area contributed by atoms with Gasteiger partial charge in [0.1, 0.15) is 18.3 Å². The summed E-state index contributed by atoms with van der Waals surface area (Å²) >= 11 is 0. The summed E-state index contributed by atoms with van der Waals surface area (Å²) in [6, 6.07) is 8.56. The molecule has 0 radical (unpaired) electrons. The molecule has 2 aliphatic heterocycles. The summed E-state index contributed by atoms with van der Waals surface area (Å²) in [6.07, 6.45) is -4.36. The zero-order valence-electron chi connectivity index (χ0n) is 11.9. The summed E-state index contributed by atoms with van der Waals surface area (Å²) in [5.74, 6) is 0. The van der Waals surface area contributed by atoms with Gasteiger partial charge in [0.05, 0.1) is 12.6 Å². The number of hydrogen-bond acceptors (Lipinski definition) is 5. The SMILES string of the molecule is COC(F)[C@H]1O[C@@H]2CO[C@@H](c3ccccc3)O[C@H]2[C@H]1N=[N+]=[N-]. The summed E-state index contributed by atoms with van der Waals surface area (Å²) in [5.41, 5.74) is 9.57. The fraction of sp³-hybridized carbons (Fsp3) is 0.571. The van der Waals surface area contributed by atoms with E-state index in [1.54, 1.807) is 0 Å². The maximum atomic E-state index is 13.8. The van der Waals surface area contributed by atoms with Crippen LogP contribution in [0.1, 0.15) is 11.9 Å². The number of azide groups is 1.